The number of benzene rings is 1. The summed E-state index contributed by atoms with van der Waals surface area (Å²) in [4.78, 5) is 15.3. The van der Waals surface area contributed by atoms with Crippen LogP contribution in [0.1, 0.15) is 11.1 Å². The molecule has 1 amide bonds. The maximum atomic E-state index is 12.8. The van der Waals surface area contributed by atoms with E-state index >= 15 is 0 Å². The molecule has 2 rings (SSSR count). The molecule has 0 aliphatic rings. The smallest absolute Gasteiger partial charge is 0.324 e. The first kappa shape index (κ1) is 14.5. The van der Waals surface area contributed by atoms with E-state index in [0.717, 1.165) is 12.1 Å². The molecule has 21 heavy (non-hydrogen) atoms. The number of nitrogens with zero attached hydrogens (tertiary/aromatic N) is 4. The van der Waals surface area contributed by atoms with Crippen molar-refractivity contribution in [1.82, 2.24) is 14.8 Å². The van der Waals surface area contributed by atoms with E-state index in [4.69, 9.17) is 5.26 Å². The van der Waals surface area contributed by atoms with E-state index in [1.807, 2.05) is 0 Å². The summed E-state index contributed by atoms with van der Waals surface area (Å²) in [7, 11) is 0. The van der Waals surface area contributed by atoms with Gasteiger partial charge in [-0.25, -0.2) is 9.67 Å². The minimum atomic E-state index is -4.67. The standard InChI is InChI=1S/C12H8F3N5O/c13-12(14,15)10-3-9(2-1-8(10)4-16)19-11(21)5-20-7-17-6-18-20/h1-3,6-7H,5H2,(H,19,21). The Labute approximate surface area is 116 Å². The molecule has 2 aromatic rings. The molecule has 1 N–H and O–H groups in total. The van der Waals surface area contributed by atoms with Gasteiger partial charge in [0.2, 0.25) is 5.91 Å². The number of hydrogen-bond donors (Lipinski definition) is 1. The van der Waals surface area contributed by atoms with Crippen LogP contribution >= 0.6 is 0 Å². The van der Waals surface area contributed by atoms with E-state index in [1.54, 1.807) is 0 Å². The number of rotatable bonds is 3. The topological polar surface area (TPSA) is 83.6 Å². The number of anilines is 1. The summed E-state index contributed by atoms with van der Waals surface area (Å²) in [6, 6.07) is 4.42. The van der Waals surface area contributed by atoms with Gasteiger partial charge < -0.3 is 5.32 Å². The first-order valence-electron chi connectivity index (χ1n) is 5.64. The number of aromatic nitrogens is 3. The summed E-state index contributed by atoms with van der Waals surface area (Å²) in [6.07, 6.45) is -2.13. The molecular formula is C12H8F3N5O. The first-order chi connectivity index (χ1) is 9.90. The Balaban J connectivity index is 2.18. The lowest BCUT2D eigenvalue weighted by molar-refractivity contribution is -0.137. The maximum Gasteiger partial charge on any atom is 0.417 e. The Kier molecular flexibility index (Phi) is 3.89. The van der Waals surface area contributed by atoms with Crippen LogP contribution < -0.4 is 5.32 Å². The zero-order chi connectivity index (χ0) is 15.5. The van der Waals surface area contributed by atoms with Gasteiger partial charge in [0.05, 0.1) is 17.2 Å². The summed E-state index contributed by atoms with van der Waals surface area (Å²) in [5, 5.41) is 14.7. The number of carbonyl (C=O) groups is 1. The third-order valence-electron chi connectivity index (χ3n) is 2.50. The molecule has 1 aromatic heterocycles. The van der Waals surface area contributed by atoms with Gasteiger partial charge in [-0.2, -0.15) is 23.5 Å². The second-order valence-corrected chi connectivity index (χ2v) is 4.01. The Morgan fingerprint density at radius 1 is 1.43 bits per heavy atom. The highest BCUT2D eigenvalue weighted by Crippen LogP contribution is 2.33. The number of carbonyl (C=O) groups excluding carboxylic acids is 1. The first-order valence-corrected chi connectivity index (χ1v) is 5.64. The number of alkyl halides is 3. The quantitative estimate of drug-likeness (QED) is 0.936. The maximum absolute atomic E-state index is 12.8. The predicted molar refractivity (Wildman–Crippen MR) is 64.8 cm³/mol. The second kappa shape index (κ2) is 5.62. The van der Waals surface area contributed by atoms with E-state index < -0.39 is 23.2 Å². The Morgan fingerprint density at radius 2 is 2.19 bits per heavy atom. The molecule has 0 radical (unpaired) electrons. The van der Waals surface area contributed by atoms with E-state index in [9.17, 15) is 18.0 Å². The molecule has 1 heterocycles. The van der Waals surface area contributed by atoms with Crippen molar-refractivity contribution in [1.29, 1.82) is 5.26 Å². The Bertz CT molecular complexity index is 688. The molecule has 9 heteroatoms. The lowest BCUT2D eigenvalue weighted by Gasteiger charge is -2.11. The zero-order valence-corrected chi connectivity index (χ0v) is 10.4. The molecule has 0 fully saturated rings. The zero-order valence-electron chi connectivity index (χ0n) is 10.4. The Morgan fingerprint density at radius 3 is 2.76 bits per heavy atom. The van der Waals surface area contributed by atoms with Gasteiger partial charge >= 0.3 is 6.18 Å². The van der Waals surface area contributed by atoms with E-state index in [-0.39, 0.29) is 12.2 Å². The van der Waals surface area contributed by atoms with Crippen LogP contribution in [0.3, 0.4) is 0 Å². The van der Waals surface area contributed by atoms with Crippen LogP contribution in [0.25, 0.3) is 0 Å². The van der Waals surface area contributed by atoms with Crippen LogP contribution in [0.2, 0.25) is 0 Å². The molecule has 0 aliphatic carbocycles. The summed E-state index contributed by atoms with van der Waals surface area (Å²) in [6.45, 7) is -0.179. The fraction of sp³-hybridized carbons (Fsp3) is 0.167. The highest BCUT2D eigenvalue weighted by atomic mass is 19.4. The van der Waals surface area contributed by atoms with Crippen LogP contribution in [0, 0.1) is 11.3 Å². The number of nitriles is 1. The largest absolute Gasteiger partial charge is 0.417 e. The van der Waals surface area contributed by atoms with Crippen molar-refractivity contribution in [2.24, 2.45) is 0 Å². The van der Waals surface area contributed by atoms with Gasteiger partial charge in [-0.1, -0.05) is 0 Å². The Hall–Kier alpha value is -2.89. The minimum Gasteiger partial charge on any atom is -0.324 e. The minimum absolute atomic E-state index is 0.0496. The SMILES string of the molecule is N#Cc1ccc(NC(=O)Cn2cncn2)cc1C(F)(F)F. The van der Waals surface area contributed by atoms with Gasteiger partial charge in [0, 0.05) is 5.69 Å². The highest BCUT2D eigenvalue weighted by Gasteiger charge is 2.33. The van der Waals surface area contributed by atoms with Gasteiger partial charge in [-0.05, 0) is 18.2 Å². The molecule has 0 saturated carbocycles. The lowest BCUT2D eigenvalue weighted by atomic mass is 10.1. The van der Waals surface area contributed by atoms with Crippen molar-refractivity contribution in [2.75, 3.05) is 5.32 Å². The number of amides is 1. The average Bonchev–Trinajstić information content (AvgIpc) is 2.90. The predicted octanol–water partition coefficient (Wildman–Crippen LogP) is 1.81. The highest BCUT2D eigenvalue weighted by molar-refractivity contribution is 5.90. The summed E-state index contributed by atoms with van der Waals surface area (Å²) in [5.74, 6) is -0.557. The third kappa shape index (κ3) is 3.56. The molecule has 108 valence electrons. The van der Waals surface area contributed by atoms with Crippen molar-refractivity contribution in [3.8, 4) is 6.07 Å². The van der Waals surface area contributed by atoms with E-state index in [2.05, 4.69) is 15.4 Å². The summed E-state index contributed by atoms with van der Waals surface area (Å²) >= 11 is 0. The van der Waals surface area contributed by atoms with Crippen LogP contribution in [-0.4, -0.2) is 20.7 Å². The molecule has 0 spiro atoms. The van der Waals surface area contributed by atoms with Gasteiger partial charge in [0.15, 0.2) is 0 Å². The number of nitrogens with one attached hydrogen (secondary N) is 1. The fourth-order valence-electron chi connectivity index (χ4n) is 1.62. The van der Waals surface area contributed by atoms with Crippen LogP contribution in [-0.2, 0) is 17.5 Å². The average molecular weight is 295 g/mol. The fourth-order valence-corrected chi connectivity index (χ4v) is 1.62. The summed E-state index contributed by atoms with van der Waals surface area (Å²) < 4.78 is 39.5. The monoisotopic (exact) mass is 295 g/mol. The number of hydrogen-bond acceptors (Lipinski definition) is 4. The van der Waals surface area contributed by atoms with Gasteiger partial charge in [-0.3, -0.25) is 4.79 Å². The van der Waals surface area contributed by atoms with E-state index in [0.29, 0.717) is 0 Å². The third-order valence-corrected chi connectivity index (χ3v) is 2.50. The molecule has 0 aliphatic heterocycles. The van der Waals surface area contributed by atoms with Crippen molar-refractivity contribution < 1.29 is 18.0 Å². The van der Waals surface area contributed by atoms with E-state index in [1.165, 1.54) is 29.5 Å². The molecular weight excluding hydrogens is 287 g/mol. The molecule has 0 atom stereocenters. The molecule has 0 bridgehead atoms. The van der Waals surface area contributed by atoms with Crippen LogP contribution in [0.5, 0.6) is 0 Å². The van der Waals surface area contributed by atoms with Crippen LogP contribution in [0.15, 0.2) is 30.9 Å². The van der Waals surface area contributed by atoms with Crippen molar-refractivity contribution >= 4 is 11.6 Å². The normalized spacial score (nSPS) is 11.0. The molecule has 1 aromatic carbocycles. The van der Waals surface area contributed by atoms with Crippen molar-refractivity contribution in [2.45, 2.75) is 12.7 Å². The molecule has 0 unspecified atom stereocenters. The lowest BCUT2D eigenvalue weighted by Crippen LogP contribution is -2.19. The van der Waals surface area contributed by atoms with Gasteiger partial charge in [-0.15, -0.1) is 0 Å². The number of halogens is 3. The van der Waals surface area contributed by atoms with Crippen molar-refractivity contribution in [3.63, 3.8) is 0 Å². The van der Waals surface area contributed by atoms with Crippen molar-refractivity contribution in [3.05, 3.63) is 42.0 Å². The summed E-state index contributed by atoms with van der Waals surface area (Å²) in [5.41, 5.74) is -1.65. The molecule has 6 nitrogen and oxygen atoms in total. The second-order valence-electron chi connectivity index (χ2n) is 4.01. The van der Waals surface area contributed by atoms with Crippen LogP contribution in [0.4, 0.5) is 18.9 Å². The van der Waals surface area contributed by atoms with Gasteiger partial charge in [0.1, 0.15) is 19.2 Å². The molecule has 0 saturated heterocycles. The van der Waals surface area contributed by atoms with Gasteiger partial charge in [0.25, 0.3) is 0 Å².